The lowest BCUT2D eigenvalue weighted by molar-refractivity contribution is -0.134. The van der Waals surface area contributed by atoms with Gasteiger partial charge in [-0.3, -0.25) is 0 Å². The van der Waals surface area contributed by atoms with Crippen LogP contribution in [0.3, 0.4) is 0 Å². The molecule has 0 heterocycles. The van der Waals surface area contributed by atoms with Crippen LogP contribution in [0.4, 0.5) is 0 Å². The second-order valence-electron chi connectivity index (χ2n) is 9.67. The highest BCUT2D eigenvalue weighted by Crippen LogP contribution is 2.22. The number of benzene rings is 2. The van der Waals surface area contributed by atoms with E-state index in [-0.39, 0.29) is 0 Å². The Hall–Kier alpha value is -2.28. The lowest BCUT2D eigenvalue weighted by Crippen LogP contribution is -2.50. The Morgan fingerprint density at radius 2 is 1.24 bits per heavy atom. The first-order chi connectivity index (χ1) is 17.8. The molecule has 6 N–H and O–H groups in total. The molecule has 0 spiro atoms. The van der Waals surface area contributed by atoms with Gasteiger partial charge in [0.1, 0.15) is 30.5 Å². The van der Waals surface area contributed by atoms with Gasteiger partial charge in [0, 0.05) is 12.0 Å². The highest BCUT2D eigenvalue weighted by Gasteiger charge is 2.35. The van der Waals surface area contributed by atoms with Crippen LogP contribution < -0.4 is 0 Å². The fourth-order valence-electron chi connectivity index (χ4n) is 4.38. The molecular formula is C31H44O6. The average molecular weight is 513 g/mol. The summed E-state index contributed by atoms with van der Waals surface area (Å²) in [4.78, 5) is 0. The predicted octanol–water partition coefficient (Wildman–Crippen LogP) is 3.04. The van der Waals surface area contributed by atoms with Crippen LogP contribution in [0.1, 0.15) is 61.8 Å². The van der Waals surface area contributed by atoms with Crippen LogP contribution in [-0.2, 0) is 25.7 Å². The van der Waals surface area contributed by atoms with Gasteiger partial charge in [0.25, 0.3) is 0 Å². The van der Waals surface area contributed by atoms with E-state index in [1.54, 1.807) is 0 Å². The zero-order valence-corrected chi connectivity index (χ0v) is 22.1. The van der Waals surface area contributed by atoms with Gasteiger partial charge >= 0.3 is 0 Å². The van der Waals surface area contributed by atoms with Gasteiger partial charge in [0.2, 0.25) is 0 Å². The molecule has 0 fully saturated rings. The minimum atomic E-state index is -1.86. The Bertz CT molecular complexity index is 997. The van der Waals surface area contributed by atoms with Crippen molar-refractivity contribution in [3.8, 4) is 0 Å². The molecule has 0 aromatic heterocycles. The maximum Gasteiger partial charge on any atom is 0.113 e. The molecule has 2 aromatic carbocycles. The minimum Gasteiger partial charge on any atom is -0.394 e. The highest BCUT2D eigenvalue weighted by molar-refractivity contribution is 5.33. The highest BCUT2D eigenvalue weighted by atomic mass is 16.4. The van der Waals surface area contributed by atoms with Crippen LogP contribution in [0, 0.1) is 0 Å². The summed E-state index contributed by atoms with van der Waals surface area (Å²) in [5.41, 5.74) is 8.12. The van der Waals surface area contributed by atoms with Crippen LogP contribution in [0.15, 0.2) is 65.9 Å². The van der Waals surface area contributed by atoms with Crippen molar-refractivity contribution in [2.45, 2.75) is 95.7 Å². The van der Waals surface area contributed by atoms with Crippen LogP contribution in [0.25, 0.3) is 0 Å². The number of hydrogen-bond acceptors (Lipinski definition) is 6. The second-order valence-corrected chi connectivity index (χ2v) is 9.67. The van der Waals surface area contributed by atoms with Crippen LogP contribution in [0.5, 0.6) is 0 Å². The summed E-state index contributed by atoms with van der Waals surface area (Å²) < 4.78 is 0. The standard InChI is InChI=1S/C31H44O6/c1-3-5-12-22-14-7-8-15-23(22)18-11-19-26(20-25-17-10-9-16-24(25)13-6-4-2)28(34)30(36)31(37)29(35)27(33)21-32/h7-11,14-17,27-37H,3-6,12-13,18,20-21H2,1-2H3/t19?,27-,28?,29+,30+,31-/m0/s1. The molecule has 204 valence electrons. The fourth-order valence-corrected chi connectivity index (χ4v) is 4.38. The molecule has 0 saturated heterocycles. The molecule has 5 atom stereocenters. The van der Waals surface area contributed by atoms with Crippen molar-refractivity contribution in [1.82, 2.24) is 0 Å². The van der Waals surface area contributed by atoms with E-state index in [1.165, 1.54) is 11.1 Å². The molecule has 0 radical (unpaired) electrons. The first-order valence-electron chi connectivity index (χ1n) is 13.4. The lowest BCUT2D eigenvalue weighted by atomic mass is 9.90. The zero-order chi connectivity index (χ0) is 27.2. The predicted molar refractivity (Wildman–Crippen MR) is 146 cm³/mol. The summed E-state index contributed by atoms with van der Waals surface area (Å²) in [6, 6.07) is 16.1. The summed E-state index contributed by atoms with van der Waals surface area (Å²) in [6.07, 6.45) is 0.227. The molecule has 0 aliphatic heterocycles. The molecule has 6 nitrogen and oxygen atoms in total. The Balaban J connectivity index is 2.39. The summed E-state index contributed by atoms with van der Waals surface area (Å²) in [5, 5.41) is 61.0. The molecule has 2 rings (SSSR count). The molecule has 0 aliphatic carbocycles. The Kier molecular flexibility index (Phi) is 13.8. The van der Waals surface area contributed by atoms with E-state index in [0.29, 0.717) is 18.4 Å². The molecular weight excluding hydrogens is 468 g/mol. The van der Waals surface area contributed by atoms with Crippen molar-refractivity contribution in [2.75, 3.05) is 6.61 Å². The number of unbranched alkanes of at least 4 members (excludes halogenated alkanes) is 2. The average Bonchev–Trinajstić information content (AvgIpc) is 2.93. The molecule has 0 aliphatic rings. The van der Waals surface area contributed by atoms with Crippen LogP contribution >= 0.6 is 0 Å². The first kappa shape index (κ1) is 30.9. The van der Waals surface area contributed by atoms with E-state index in [4.69, 9.17) is 5.11 Å². The number of aliphatic hydroxyl groups is 6. The molecule has 2 aromatic rings. The molecule has 0 bridgehead atoms. The van der Waals surface area contributed by atoms with Crippen LogP contribution in [0.2, 0.25) is 0 Å². The number of rotatable bonds is 16. The molecule has 0 saturated carbocycles. The van der Waals surface area contributed by atoms with Crippen molar-refractivity contribution in [2.24, 2.45) is 0 Å². The van der Waals surface area contributed by atoms with E-state index in [1.807, 2.05) is 36.4 Å². The summed E-state index contributed by atoms with van der Waals surface area (Å²) in [7, 11) is 0. The fraction of sp³-hybridized carbons (Fsp3) is 0.516. The molecule has 6 heteroatoms. The maximum absolute atomic E-state index is 11.1. The largest absolute Gasteiger partial charge is 0.394 e. The first-order valence-corrected chi connectivity index (χ1v) is 13.4. The van der Waals surface area contributed by atoms with E-state index in [2.05, 4.69) is 37.8 Å². The number of aryl methyl sites for hydroxylation is 2. The Morgan fingerprint density at radius 1 is 0.730 bits per heavy atom. The van der Waals surface area contributed by atoms with Crippen molar-refractivity contribution in [3.05, 3.63) is 88.2 Å². The van der Waals surface area contributed by atoms with Crippen LogP contribution in [-0.4, -0.2) is 67.8 Å². The third-order valence-electron chi connectivity index (χ3n) is 6.79. The second kappa shape index (κ2) is 16.5. The van der Waals surface area contributed by atoms with E-state index >= 15 is 0 Å². The van der Waals surface area contributed by atoms with Crippen molar-refractivity contribution < 1.29 is 30.6 Å². The topological polar surface area (TPSA) is 121 Å². The maximum atomic E-state index is 11.1. The van der Waals surface area contributed by atoms with Gasteiger partial charge in [0.05, 0.1) is 6.61 Å². The van der Waals surface area contributed by atoms with E-state index in [0.717, 1.165) is 49.7 Å². The monoisotopic (exact) mass is 512 g/mol. The Morgan fingerprint density at radius 3 is 1.78 bits per heavy atom. The smallest absolute Gasteiger partial charge is 0.113 e. The van der Waals surface area contributed by atoms with Gasteiger partial charge in [-0.25, -0.2) is 0 Å². The number of aliphatic hydroxyl groups excluding tert-OH is 6. The summed E-state index contributed by atoms with van der Waals surface area (Å²) in [5.74, 6) is 0. The van der Waals surface area contributed by atoms with Gasteiger partial charge in [-0.15, -0.1) is 5.73 Å². The zero-order valence-electron chi connectivity index (χ0n) is 22.1. The minimum absolute atomic E-state index is 0.303. The van der Waals surface area contributed by atoms with Gasteiger partial charge in [-0.1, -0.05) is 75.2 Å². The van der Waals surface area contributed by atoms with E-state index in [9.17, 15) is 25.5 Å². The molecule has 0 amide bonds. The van der Waals surface area contributed by atoms with Crippen molar-refractivity contribution in [3.63, 3.8) is 0 Å². The third kappa shape index (κ3) is 9.51. The van der Waals surface area contributed by atoms with Gasteiger partial charge < -0.3 is 30.6 Å². The SMILES string of the molecule is CCCCc1ccccc1CC=C=C(Cc1ccccc1CCCC)C(O)[C@@H](O)[C@@H](O)[C@H](O)[C@@H](O)CO. The normalized spacial score (nSPS) is 15.4. The molecule has 37 heavy (non-hydrogen) atoms. The van der Waals surface area contributed by atoms with Gasteiger partial charge in [0.15, 0.2) is 0 Å². The summed E-state index contributed by atoms with van der Waals surface area (Å²) in [6.45, 7) is 3.50. The van der Waals surface area contributed by atoms with E-state index < -0.39 is 37.1 Å². The summed E-state index contributed by atoms with van der Waals surface area (Å²) >= 11 is 0. The lowest BCUT2D eigenvalue weighted by Gasteiger charge is -2.29. The van der Waals surface area contributed by atoms with Crippen molar-refractivity contribution in [1.29, 1.82) is 0 Å². The molecule has 1 unspecified atom stereocenters. The quantitative estimate of drug-likeness (QED) is 0.192. The van der Waals surface area contributed by atoms with Crippen molar-refractivity contribution >= 4 is 0 Å². The Labute approximate surface area is 221 Å². The number of hydrogen-bond donors (Lipinski definition) is 6. The third-order valence-corrected chi connectivity index (χ3v) is 6.79. The van der Waals surface area contributed by atoms with Gasteiger partial charge in [-0.05, 0) is 60.4 Å². The van der Waals surface area contributed by atoms with Gasteiger partial charge in [-0.2, -0.15) is 0 Å².